The van der Waals surface area contributed by atoms with Crippen molar-refractivity contribution < 1.29 is 4.39 Å². The van der Waals surface area contributed by atoms with E-state index in [1.165, 1.54) is 0 Å². The first kappa shape index (κ1) is 7.89. The summed E-state index contributed by atoms with van der Waals surface area (Å²) in [6, 6.07) is 0. The number of rotatable bonds is 2. The summed E-state index contributed by atoms with van der Waals surface area (Å²) in [6.45, 7) is 1.25. The van der Waals surface area contributed by atoms with Gasteiger partial charge in [-0.1, -0.05) is 0 Å². The van der Waals surface area contributed by atoms with Gasteiger partial charge >= 0.3 is 0 Å². The molecule has 0 unspecified atom stereocenters. The summed E-state index contributed by atoms with van der Waals surface area (Å²) in [6.07, 6.45) is 1.67. The number of alkyl halides is 1. The Bertz CT molecular complexity index is 136. The van der Waals surface area contributed by atoms with Crippen LogP contribution in [0.25, 0.3) is 0 Å². The molecule has 0 saturated heterocycles. The highest BCUT2D eigenvalue weighted by molar-refractivity contribution is 5.80. The predicted molar refractivity (Wildman–Crippen MR) is 32.7 cm³/mol. The van der Waals surface area contributed by atoms with Crippen LogP contribution in [0.2, 0.25) is 0 Å². The van der Waals surface area contributed by atoms with Gasteiger partial charge < -0.3 is 0 Å². The quantitative estimate of drug-likeness (QED) is 0.254. The van der Waals surface area contributed by atoms with Gasteiger partial charge in [0, 0.05) is 0 Å². The zero-order valence-electron chi connectivity index (χ0n) is 5.19. The minimum absolute atomic E-state index is 0.126. The second-order valence-electron chi connectivity index (χ2n) is 1.39. The average Bonchev–Trinajstić information content (AvgIpc) is 1.85. The monoisotopic (exact) mass is 129 g/mol. The maximum Gasteiger partial charge on any atom is 0.182 e. The van der Waals surface area contributed by atoms with Crippen LogP contribution in [0.15, 0.2) is 4.99 Å². The number of hydrogen-bond donors (Lipinski definition) is 1. The minimum atomic E-state index is -0.482. The number of nitrogens with one attached hydrogen (secondary N) is 1. The van der Waals surface area contributed by atoms with Gasteiger partial charge in [0.1, 0.15) is 12.5 Å². The Morgan fingerprint density at radius 2 is 2.56 bits per heavy atom. The molecule has 0 amide bonds. The number of halogens is 1. The molecule has 4 heteroatoms. The van der Waals surface area contributed by atoms with E-state index in [0.717, 1.165) is 0 Å². The molecule has 0 atom stereocenters. The van der Waals surface area contributed by atoms with Gasteiger partial charge in [0.25, 0.3) is 0 Å². The van der Waals surface area contributed by atoms with Gasteiger partial charge in [-0.2, -0.15) is 5.26 Å². The largest absolute Gasteiger partial charge is 0.281 e. The van der Waals surface area contributed by atoms with Gasteiger partial charge in [-0.05, 0) is 6.92 Å². The molecule has 0 aliphatic heterocycles. The van der Waals surface area contributed by atoms with Crippen LogP contribution < -0.4 is 5.32 Å². The summed E-state index contributed by atoms with van der Waals surface area (Å²) in [5.74, 6) is 0.454. The Hall–Kier alpha value is -1.11. The molecule has 1 N–H and O–H groups in total. The first-order valence-electron chi connectivity index (χ1n) is 2.53. The first-order valence-corrected chi connectivity index (χ1v) is 2.53. The van der Waals surface area contributed by atoms with Crippen LogP contribution in [0.4, 0.5) is 4.39 Å². The Morgan fingerprint density at radius 1 is 1.89 bits per heavy atom. The normalized spacial score (nSPS) is 10.6. The maximum absolute atomic E-state index is 11.4. The van der Waals surface area contributed by atoms with E-state index in [0.29, 0.717) is 5.84 Å². The molecule has 0 spiro atoms. The molecule has 0 rings (SSSR count). The van der Waals surface area contributed by atoms with Gasteiger partial charge in [-0.15, -0.1) is 0 Å². The van der Waals surface area contributed by atoms with E-state index in [-0.39, 0.29) is 6.54 Å². The number of aliphatic imine (C=N–C) groups is 1. The van der Waals surface area contributed by atoms with Crippen LogP contribution in [0.3, 0.4) is 0 Å². The van der Waals surface area contributed by atoms with E-state index in [1.54, 1.807) is 13.1 Å². The lowest BCUT2D eigenvalue weighted by molar-refractivity contribution is 0.504. The highest BCUT2D eigenvalue weighted by Gasteiger charge is 1.83. The third-order valence-electron chi connectivity index (χ3n) is 0.670. The highest BCUT2D eigenvalue weighted by Crippen LogP contribution is 1.73. The van der Waals surface area contributed by atoms with E-state index in [9.17, 15) is 4.39 Å². The van der Waals surface area contributed by atoms with Crippen molar-refractivity contribution in [3.8, 4) is 6.19 Å². The van der Waals surface area contributed by atoms with Crippen LogP contribution in [0.5, 0.6) is 0 Å². The molecule has 0 aliphatic carbocycles. The van der Waals surface area contributed by atoms with Crippen molar-refractivity contribution in [2.24, 2.45) is 4.99 Å². The fourth-order valence-electron chi connectivity index (χ4n) is 0.330. The summed E-state index contributed by atoms with van der Waals surface area (Å²) < 4.78 is 11.4. The van der Waals surface area contributed by atoms with Gasteiger partial charge in [0.05, 0.1) is 6.54 Å². The van der Waals surface area contributed by atoms with Crippen molar-refractivity contribution in [3.05, 3.63) is 0 Å². The SMILES string of the molecule is CC(=NCCF)NC#N. The molecule has 0 radical (unpaired) electrons. The Labute approximate surface area is 53.2 Å². The molecule has 0 saturated carbocycles. The summed E-state index contributed by atoms with van der Waals surface area (Å²) in [7, 11) is 0. The van der Waals surface area contributed by atoms with E-state index < -0.39 is 6.67 Å². The fourth-order valence-corrected chi connectivity index (χ4v) is 0.330. The van der Waals surface area contributed by atoms with Crippen LogP contribution in [-0.4, -0.2) is 19.1 Å². The number of nitrogens with zero attached hydrogens (tertiary/aromatic N) is 2. The summed E-state index contributed by atoms with van der Waals surface area (Å²) in [4.78, 5) is 3.64. The van der Waals surface area contributed by atoms with Gasteiger partial charge in [-0.25, -0.2) is 4.39 Å². The Balaban J connectivity index is 3.46. The summed E-state index contributed by atoms with van der Waals surface area (Å²) in [5, 5.41) is 10.3. The third kappa shape index (κ3) is 4.75. The maximum atomic E-state index is 11.4. The van der Waals surface area contributed by atoms with Crippen molar-refractivity contribution in [2.75, 3.05) is 13.2 Å². The molecular weight excluding hydrogens is 121 g/mol. The average molecular weight is 129 g/mol. The molecule has 0 bridgehead atoms. The van der Waals surface area contributed by atoms with Crippen LogP contribution in [-0.2, 0) is 0 Å². The highest BCUT2D eigenvalue weighted by atomic mass is 19.1. The predicted octanol–water partition coefficient (Wildman–Crippen LogP) is 0.445. The molecule has 0 heterocycles. The van der Waals surface area contributed by atoms with Gasteiger partial charge in [-0.3, -0.25) is 10.3 Å². The number of hydrogen-bond acceptors (Lipinski definition) is 2. The summed E-state index contributed by atoms with van der Waals surface area (Å²) >= 11 is 0. The third-order valence-corrected chi connectivity index (χ3v) is 0.670. The van der Waals surface area contributed by atoms with Crippen molar-refractivity contribution >= 4 is 5.84 Å². The van der Waals surface area contributed by atoms with Crippen molar-refractivity contribution in [3.63, 3.8) is 0 Å². The Kier molecular flexibility index (Phi) is 4.41. The van der Waals surface area contributed by atoms with Crippen molar-refractivity contribution in [1.29, 1.82) is 5.26 Å². The molecule has 50 valence electrons. The topological polar surface area (TPSA) is 48.2 Å². The number of nitriles is 1. The molecule has 9 heavy (non-hydrogen) atoms. The van der Waals surface area contributed by atoms with Crippen LogP contribution in [0.1, 0.15) is 6.92 Å². The lowest BCUT2D eigenvalue weighted by atomic mass is 10.6. The van der Waals surface area contributed by atoms with Crippen LogP contribution >= 0.6 is 0 Å². The smallest absolute Gasteiger partial charge is 0.182 e. The van der Waals surface area contributed by atoms with E-state index in [4.69, 9.17) is 5.26 Å². The van der Waals surface area contributed by atoms with E-state index in [2.05, 4.69) is 10.3 Å². The van der Waals surface area contributed by atoms with Crippen LogP contribution in [0, 0.1) is 11.5 Å². The molecule has 0 aromatic carbocycles. The molecule has 0 aromatic heterocycles. The molecule has 3 nitrogen and oxygen atoms in total. The second kappa shape index (κ2) is 5.04. The van der Waals surface area contributed by atoms with Gasteiger partial charge in [0.2, 0.25) is 0 Å². The van der Waals surface area contributed by atoms with E-state index in [1.807, 2.05) is 0 Å². The molecule has 0 fully saturated rings. The minimum Gasteiger partial charge on any atom is -0.281 e. The number of amidine groups is 1. The molecule has 0 aliphatic rings. The van der Waals surface area contributed by atoms with E-state index >= 15 is 0 Å². The Morgan fingerprint density at radius 3 is 3.00 bits per heavy atom. The zero-order valence-corrected chi connectivity index (χ0v) is 5.19. The second-order valence-corrected chi connectivity index (χ2v) is 1.39. The molecule has 0 aromatic rings. The first-order chi connectivity index (χ1) is 4.31. The van der Waals surface area contributed by atoms with Gasteiger partial charge in [0.15, 0.2) is 6.19 Å². The van der Waals surface area contributed by atoms with Crippen molar-refractivity contribution in [1.82, 2.24) is 5.32 Å². The van der Waals surface area contributed by atoms with Crippen molar-refractivity contribution in [2.45, 2.75) is 6.92 Å². The lowest BCUT2D eigenvalue weighted by Gasteiger charge is -1.91. The standard InChI is InChI=1S/C5H8FN3/c1-5(9-4-7)8-3-2-6/h2-3H2,1H3,(H,8,9). The summed E-state index contributed by atoms with van der Waals surface area (Å²) in [5.41, 5.74) is 0. The molecular formula is C5H8FN3. The fraction of sp³-hybridized carbons (Fsp3) is 0.600. The lowest BCUT2D eigenvalue weighted by Crippen LogP contribution is -2.13. The zero-order chi connectivity index (χ0) is 7.11.